The van der Waals surface area contributed by atoms with E-state index in [1.54, 1.807) is 26.0 Å². The van der Waals surface area contributed by atoms with Crippen molar-refractivity contribution in [3.05, 3.63) is 93.5 Å². The highest BCUT2D eigenvalue weighted by Crippen LogP contribution is 2.40. The highest BCUT2D eigenvalue weighted by atomic mass is 35.5. The first kappa shape index (κ1) is 22.4. The first-order chi connectivity index (χ1) is 15.0. The van der Waals surface area contributed by atoms with Gasteiger partial charge in [0.2, 0.25) is 0 Å². The van der Waals surface area contributed by atoms with Gasteiger partial charge >= 0.3 is 6.16 Å². The Morgan fingerprint density at radius 3 is 2.48 bits per heavy atom. The predicted octanol–water partition coefficient (Wildman–Crippen LogP) is 5.43. The number of nitriles is 1. The molecule has 7 heteroatoms. The van der Waals surface area contributed by atoms with Crippen molar-refractivity contribution in [1.29, 1.82) is 5.26 Å². The number of hydrogen-bond donors (Lipinski definition) is 1. The molecule has 0 spiro atoms. The van der Waals surface area contributed by atoms with E-state index in [0.717, 1.165) is 5.56 Å². The molecular weight excluding hydrogens is 416 g/mol. The van der Waals surface area contributed by atoms with E-state index in [4.69, 9.17) is 25.8 Å². The van der Waals surface area contributed by atoms with Gasteiger partial charge in [0.25, 0.3) is 0 Å². The predicted molar refractivity (Wildman–Crippen MR) is 117 cm³/mol. The van der Waals surface area contributed by atoms with Crippen molar-refractivity contribution in [3.63, 3.8) is 0 Å². The average molecular weight is 439 g/mol. The molecule has 160 valence electrons. The minimum atomic E-state index is -0.867. The Bertz CT molecular complexity index is 1040. The third-order valence-corrected chi connectivity index (χ3v) is 5.13. The second-order valence-electron chi connectivity index (χ2n) is 6.96. The van der Waals surface area contributed by atoms with Crippen LogP contribution in [-0.2, 0) is 20.8 Å². The molecule has 0 saturated carbocycles. The van der Waals surface area contributed by atoms with Gasteiger partial charge in [-0.25, -0.2) is 4.79 Å². The Morgan fingerprint density at radius 2 is 1.77 bits per heavy atom. The van der Waals surface area contributed by atoms with Crippen molar-refractivity contribution in [2.24, 2.45) is 0 Å². The van der Waals surface area contributed by atoms with Crippen LogP contribution >= 0.6 is 11.6 Å². The summed E-state index contributed by atoms with van der Waals surface area (Å²) in [5.41, 5.74) is 3.43. The first-order valence-electron chi connectivity index (χ1n) is 9.80. The lowest BCUT2D eigenvalue weighted by Gasteiger charge is -2.28. The molecule has 6 nitrogen and oxygen atoms in total. The second kappa shape index (κ2) is 10.7. The number of nitrogens with one attached hydrogen (secondary N) is 1. The van der Waals surface area contributed by atoms with E-state index in [9.17, 15) is 10.1 Å². The summed E-state index contributed by atoms with van der Waals surface area (Å²) in [7, 11) is 0. The Balaban J connectivity index is 1.64. The first-order valence-corrected chi connectivity index (χ1v) is 10.2. The zero-order chi connectivity index (χ0) is 22.2. The molecule has 0 aliphatic carbocycles. The van der Waals surface area contributed by atoms with Crippen molar-refractivity contribution >= 4 is 17.8 Å². The van der Waals surface area contributed by atoms with Gasteiger partial charge < -0.3 is 19.5 Å². The van der Waals surface area contributed by atoms with Crippen LogP contribution in [0, 0.1) is 11.3 Å². The van der Waals surface area contributed by atoms with Gasteiger partial charge in [0.05, 0.1) is 36.5 Å². The maximum Gasteiger partial charge on any atom is 0.513 e. The largest absolute Gasteiger partial charge is 0.513 e. The van der Waals surface area contributed by atoms with E-state index < -0.39 is 12.1 Å². The summed E-state index contributed by atoms with van der Waals surface area (Å²) in [6.07, 6.45) is -0.867. The zero-order valence-electron chi connectivity index (χ0n) is 17.4. The Morgan fingerprint density at radius 1 is 1.06 bits per heavy atom. The molecule has 2 aromatic rings. The molecule has 1 N–H and O–H groups in total. The van der Waals surface area contributed by atoms with Gasteiger partial charge in [-0.3, -0.25) is 0 Å². The van der Waals surface area contributed by atoms with Gasteiger partial charge in [-0.1, -0.05) is 60.1 Å². The van der Waals surface area contributed by atoms with Crippen LogP contribution in [0.5, 0.6) is 0 Å². The Hall–Kier alpha value is -3.27. The lowest BCUT2D eigenvalue weighted by Crippen LogP contribution is -2.27. The van der Waals surface area contributed by atoms with Gasteiger partial charge in [-0.15, -0.1) is 0 Å². The van der Waals surface area contributed by atoms with Crippen LogP contribution in [0.3, 0.4) is 0 Å². The number of allylic oxidation sites excluding steroid dienone is 3. The number of hydrogen-bond acceptors (Lipinski definition) is 6. The van der Waals surface area contributed by atoms with Crippen LogP contribution in [0.2, 0.25) is 5.02 Å². The van der Waals surface area contributed by atoms with Crippen LogP contribution in [0.25, 0.3) is 0 Å². The van der Waals surface area contributed by atoms with Crippen LogP contribution in [-0.4, -0.2) is 19.4 Å². The summed E-state index contributed by atoms with van der Waals surface area (Å²) < 4.78 is 16.2. The number of carbonyl (C=O) groups excluding carboxylic acids is 1. The van der Waals surface area contributed by atoms with Crippen molar-refractivity contribution < 1.29 is 19.0 Å². The average Bonchev–Trinajstić information content (AvgIpc) is 2.76. The van der Waals surface area contributed by atoms with E-state index >= 15 is 0 Å². The molecule has 0 radical (unpaired) electrons. The minimum absolute atomic E-state index is 0.0438. The van der Waals surface area contributed by atoms with Crippen LogP contribution in [0.1, 0.15) is 30.9 Å². The fourth-order valence-corrected chi connectivity index (χ4v) is 3.58. The van der Waals surface area contributed by atoms with E-state index in [0.29, 0.717) is 34.2 Å². The minimum Gasteiger partial charge on any atom is -0.432 e. The summed E-state index contributed by atoms with van der Waals surface area (Å²) >= 11 is 6.38. The molecule has 0 fully saturated rings. The topological polar surface area (TPSA) is 80.6 Å². The Kier molecular flexibility index (Phi) is 7.71. The maximum absolute atomic E-state index is 12.3. The zero-order valence-corrected chi connectivity index (χ0v) is 18.1. The fourth-order valence-electron chi connectivity index (χ4n) is 3.33. The summed E-state index contributed by atoms with van der Waals surface area (Å²) in [5.74, 6) is -0.327. The van der Waals surface area contributed by atoms with Crippen LogP contribution < -0.4 is 5.32 Å². The molecule has 31 heavy (non-hydrogen) atoms. The van der Waals surface area contributed by atoms with Crippen LogP contribution in [0.15, 0.2) is 77.3 Å². The van der Waals surface area contributed by atoms with E-state index in [1.165, 1.54) is 0 Å². The number of ether oxygens (including phenoxy) is 3. The third-order valence-electron chi connectivity index (χ3n) is 4.79. The molecule has 1 aliphatic heterocycles. The number of halogens is 1. The van der Waals surface area contributed by atoms with Gasteiger partial charge in [0, 0.05) is 10.7 Å². The quantitative estimate of drug-likeness (QED) is 0.458. The smallest absolute Gasteiger partial charge is 0.432 e. The number of benzene rings is 2. The number of rotatable bonds is 7. The molecule has 1 atom stereocenters. The molecule has 1 unspecified atom stereocenters. The molecule has 0 bridgehead atoms. The lowest BCUT2D eigenvalue weighted by molar-refractivity contribution is 0.0335. The van der Waals surface area contributed by atoms with Gasteiger partial charge in [0.1, 0.15) is 12.4 Å². The van der Waals surface area contributed by atoms with Gasteiger partial charge in [0.15, 0.2) is 0 Å². The number of carbonyl (C=O) groups is 1. The molecule has 3 rings (SSSR count). The molecule has 1 heterocycles. The van der Waals surface area contributed by atoms with E-state index in [-0.39, 0.29) is 19.0 Å². The van der Waals surface area contributed by atoms with Crippen molar-refractivity contribution in [2.45, 2.75) is 26.4 Å². The third kappa shape index (κ3) is 5.66. The molecule has 0 saturated heterocycles. The molecular formula is C24H23ClN2O4. The van der Waals surface area contributed by atoms with Crippen molar-refractivity contribution in [3.8, 4) is 6.07 Å². The molecule has 1 aliphatic rings. The van der Waals surface area contributed by atoms with Gasteiger partial charge in [-0.05, 0) is 31.0 Å². The summed E-state index contributed by atoms with van der Waals surface area (Å²) in [4.78, 5) is 12.3. The second-order valence-corrected chi connectivity index (χ2v) is 7.37. The standard InChI is InChI=1S/C24H23ClN2O4/c1-16-20(14-26)22(19-10-6-7-11-21(19)25)23(17(2)27-16)31-24(28)30-13-12-29-15-18-8-4-3-5-9-18/h3-11,22,27H,12-13,15H2,1-2H3. The van der Waals surface area contributed by atoms with Crippen LogP contribution in [0.4, 0.5) is 4.79 Å². The van der Waals surface area contributed by atoms with E-state index in [1.807, 2.05) is 42.5 Å². The molecule has 0 aromatic heterocycles. The summed E-state index contributed by atoms with van der Waals surface area (Å²) in [6, 6.07) is 19.1. The normalized spacial score (nSPS) is 15.9. The van der Waals surface area contributed by atoms with Gasteiger partial charge in [-0.2, -0.15) is 5.26 Å². The van der Waals surface area contributed by atoms with Crippen molar-refractivity contribution in [1.82, 2.24) is 5.32 Å². The number of dihydropyridines is 1. The molecule has 0 amide bonds. The highest BCUT2D eigenvalue weighted by molar-refractivity contribution is 6.31. The SMILES string of the molecule is CC1=C(C#N)C(c2ccccc2Cl)C(OC(=O)OCCOCc2ccccc2)=C(C)N1. The monoisotopic (exact) mass is 438 g/mol. The summed E-state index contributed by atoms with van der Waals surface area (Å²) in [5, 5.41) is 13.3. The Labute approximate surface area is 186 Å². The fraction of sp³-hybridized carbons (Fsp3) is 0.250. The van der Waals surface area contributed by atoms with Crippen molar-refractivity contribution in [2.75, 3.05) is 13.2 Å². The molecule has 2 aromatic carbocycles. The number of nitrogens with zero attached hydrogens (tertiary/aromatic N) is 1. The lowest BCUT2D eigenvalue weighted by atomic mass is 9.86. The summed E-state index contributed by atoms with van der Waals surface area (Å²) in [6.45, 7) is 4.27. The van der Waals surface area contributed by atoms with E-state index in [2.05, 4.69) is 11.4 Å². The highest BCUT2D eigenvalue weighted by Gasteiger charge is 2.33. The maximum atomic E-state index is 12.3.